The number of amides is 1. The zero-order valence-corrected chi connectivity index (χ0v) is 17.6. The normalized spacial score (nSPS) is 17.7. The molecule has 0 bridgehead atoms. The Bertz CT molecular complexity index is 791. The van der Waals surface area contributed by atoms with Crippen LogP contribution < -0.4 is 5.32 Å². The highest BCUT2D eigenvalue weighted by molar-refractivity contribution is 7.15. The largest absolute Gasteiger partial charge is 0.298 e. The highest BCUT2D eigenvalue weighted by Gasteiger charge is 2.30. The van der Waals surface area contributed by atoms with Crippen LogP contribution in [0.25, 0.3) is 0 Å². The van der Waals surface area contributed by atoms with E-state index in [-0.39, 0.29) is 11.3 Å². The molecule has 1 unspecified atom stereocenters. The molecule has 1 aliphatic carbocycles. The average molecular weight is 371 g/mol. The molecule has 0 saturated heterocycles. The van der Waals surface area contributed by atoms with Gasteiger partial charge in [-0.05, 0) is 53.7 Å². The van der Waals surface area contributed by atoms with Gasteiger partial charge in [0, 0.05) is 10.4 Å². The summed E-state index contributed by atoms with van der Waals surface area (Å²) in [6.45, 7) is 13.5. The summed E-state index contributed by atoms with van der Waals surface area (Å²) in [7, 11) is 0. The second kappa shape index (κ2) is 6.80. The van der Waals surface area contributed by atoms with Crippen LogP contribution in [0, 0.1) is 11.3 Å². The lowest BCUT2D eigenvalue weighted by Crippen LogP contribution is -2.26. The third-order valence-electron chi connectivity index (χ3n) is 5.40. The van der Waals surface area contributed by atoms with E-state index in [0.717, 1.165) is 18.0 Å². The molecule has 1 heterocycles. The van der Waals surface area contributed by atoms with Crippen LogP contribution in [0.5, 0.6) is 0 Å². The first-order valence-electron chi connectivity index (χ1n) is 9.44. The van der Waals surface area contributed by atoms with Crippen molar-refractivity contribution in [3.63, 3.8) is 0 Å². The van der Waals surface area contributed by atoms with Gasteiger partial charge in [-0.2, -0.15) is 0 Å². The molecule has 1 atom stereocenters. The van der Waals surface area contributed by atoms with E-state index < -0.39 is 0 Å². The van der Waals surface area contributed by atoms with Crippen LogP contribution in [0.3, 0.4) is 0 Å². The smallest absolute Gasteiger partial charge is 0.257 e. The van der Waals surface area contributed by atoms with Gasteiger partial charge in [0.1, 0.15) is 0 Å². The number of aryl methyl sites for hydroxylation is 1. The fourth-order valence-corrected chi connectivity index (χ4v) is 4.54. The van der Waals surface area contributed by atoms with Crippen molar-refractivity contribution < 1.29 is 4.79 Å². The summed E-state index contributed by atoms with van der Waals surface area (Å²) in [5.74, 6) is 0.605. The maximum atomic E-state index is 12.6. The maximum absolute atomic E-state index is 12.6. The van der Waals surface area contributed by atoms with Crippen molar-refractivity contribution in [2.45, 2.75) is 66.2 Å². The van der Waals surface area contributed by atoms with Crippen LogP contribution in [0.1, 0.15) is 74.5 Å². The van der Waals surface area contributed by atoms with Crippen LogP contribution in [-0.2, 0) is 18.3 Å². The van der Waals surface area contributed by atoms with E-state index in [2.05, 4.69) is 51.8 Å². The van der Waals surface area contributed by atoms with Crippen molar-refractivity contribution in [3.8, 4) is 0 Å². The monoisotopic (exact) mass is 370 g/mol. The Morgan fingerprint density at radius 2 is 1.77 bits per heavy atom. The summed E-state index contributed by atoms with van der Waals surface area (Å²) in [6, 6.07) is 7.88. The molecule has 1 aromatic heterocycles. The molecule has 1 aliphatic rings. The minimum Gasteiger partial charge on any atom is -0.298 e. The summed E-state index contributed by atoms with van der Waals surface area (Å²) in [4.78, 5) is 18.6. The molecule has 0 aliphatic heterocycles. The van der Waals surface area contributed by atoms with Crippen LogP contribution >= 0.6 is 11.3 Å². The fourth-order valence-electron chi connectivity index (χ4n) is 3.46. The first kappa shape index (κ1) is 19.1. The number of aromatic nitrogens is 1. The molecule has 0 saturated carbocycles. The highest BCUT2D eigenvalue weighted by Crippen LogP contribution is 2.40. The van der Waals surface area contributed by atoms with Gasteiger partial charge >= 0.3 is 0 Å². The van der Waals surface area contributed by atoms with Crippen molar-refractivity contribution >= 4 is 22.4 Å². The van der Waals surface area contributed by atoms with Gasteiger partial charge in [-0.1, -0.05) is 53.7 Å². The molecule has 1 amide bonds. The van der Waals surface area contributed by atoms with E-state index in [4.69, 9.17) is 0 Å². The van der Waals surface area contributed by atoms with Crippen LogP contribution in [0.15, 0.2) is 24.3 Å². The molecule has 4 heteroatoms. The summed E-state index contributed by atoms with van der Waals surface area (Å²) in [6.07, 6.45) is 3.28. The van der Waals surface area contributed by atoms with Gasteiger partial charge in [0.15, 0.2) is 5.13 Å². The van der Waals surface area contributed by atoms with Gasteiger partial charge in [0.25, 0.3) is 5.91 Å². The van der Waals surface area contributed by atoms with Gasteiger partial charge in [0.05, 0.1) is 5.69 Å². The maximum Gasteiger partial charge on any atom is 0.257 e. The predicted molar refractivity (Wildman–Crippen MR) is 110 cm³/mol. The summed E-state index contributed by atoms with van der Waals surface area (Å²) in [5.41, 5.74) is 3.49. The lowest BCUT2D eigenvalue weighted by atomic mass is 9.73. The minimum absolute atomic E-state index is 0.0797. The molecule has 1 aromatic carbocycles. The third kappa shape index (κ3) is 4.17. The van der Waals surface area contributed by atoms with E-state index in [9.17, 15) is 4.79 Å². The van der Waals surface area contributed by atoms with Crippen molar-refractivity contribution in [2.75, 3.05) is 5.32 Å². The standard InChI is InChI=1S/C22H30N2OS/c1-21(2,3)15-9-7-14(8-10-15)19(25)24-20-23-17-12-11-16(22(4,5)6)13-18(17)26-20/h7-10,16H,11-13H2,1-6H3,(H,23,24,25). The fraction of sp³-hybridized carbons (Fsp3) is 0.545. The summed E-state index contributed by atoms with van der Waals surface area (Å²) < 4.78 is 0. The SMILES string of the molecule is CC(C)(C)c1ccc(C(=O)Nc2nc3c(s2)CC(C(C)(C)C)CC3)cc1. The number of fused-ring (bicyclic) bond motifs is 1. The molecular formula is C22H30N2OS. The van der Waals surface area contributed by atoms with E-state index in [1.807, 2.05) is 24.3 Å². The van der Waals surface area contributed by atoms with Gasteiger partial charge in [-0.25, -0.2) is 4.98 Å². The first-order valence-corrected chi connectivity index (χ1v) is 10.3. The van der Waals surface area contributed by atoms with Gasteiger partial charge in [0.2, 0.25) is 0 Å². The highest BCUT2D eigenvalue weighted by atomic mass is 32.1. The molecule has 140 valence electrons. The van der Waals surface area contributed by atoms with Gasteiger partial charge < -0.3 is 0 Å². The van der Waals surface area contributed by atoms with E-state index in [1.165, 1.54) is 22.6 Å². The predicted octanol–water partition coefficient (Wildman–Crippen LogP) is 5.84. The van der Waals surface area contributed by atoms with Crippen molar-refractivity contribution in [1.29, 1.82) is 0 Å². The molecule has 1 N–H and O–H groups in total. The van der Waals surface area contributed by atoms with E-state index in [0.29, 0.717) is 16.9 Å². The minimum atomic E-state index is -0.0797. The number of thiazole rings is 1. The average Bonchev–Trinajstić information content (AvgIpc) is 2.94. The molecule has 3 rings (SSSR count). The third-order valence-corrected chi connectivity index (χ3v) is 6.43. The Morgan fingerprint density at radius 1 is 1.12 bits per heavy atom. The molecule has 0 radical (unpaired) electrons. The number of nitrogens with zero attached hydrogens (tertiary/aromatic N) is 1. The Kier molecular flexibility index (Phi) is 5.00. The number of nitrogens with one attached hydrogen (secondary N) is 1. The number of hydrogen-bond donors (Lipinski definition) is 1. The lowest BCUT2D eigenvalue weighted by molar-refractivity contribution is 0.102. The van der Waals surface area contributed by atoms with Crippen molar-refractivity contribution in [2.24, 2.45) is 11.3 Å². The molecule has 0 spiro atoms. The quantitative estimate of drug-likeness (QED) is 0.721. The number of carbonyl (C=O) groups is 1. The van der Waals surface area contributed by atoms with Crippen molar-refractivity contribution in [1.82, 2.24) is 4.98 Å². The number of hydrogen-bond acceptors (Lipinski definition) is 3. The molecule has 3 nitrogen and oxygen atoms in total. The number of anilines is 1. The topological polar surface area (TPSA) is 42.0 Å². The second-order valence-corrected chi connectivity index (χ2v) is 10.6. The van der Waals surface area contributed by atoms with Gasteiger partial charge in [-0.3, -0.25) is 10.1 Å². The first-order chi connectivity index (χ1) is 12.0. The Balaban J connectivity index is 1.70. The Morgan fingerprint density at radius 3 is 2.35 bits per heavy atom. The van der Waals surface area contributed by atoms with Crippen LogP contribution in [0.2, 0.25) is 0 Å². The Labute approximate surface area is 161 Å². The van der Waals surface area contributed by atoms with Gasteiger partial charge in [-0.15, -0.1) is 11.3 Å². The summed E-state index contributed by atoms with van der Waals surface area (Å²) in [5, 5.41) is 3.73. The Hall–Kier alpha value is -1.68. The lowest BCUT2D eigenvalue weighted by Gasteiger charge is -2.33. The second-order valence-electron chi connectivity index (χ2n) is 9.48. The molecular weight excluding hydrogens is 340 g/mol. The van der Waals surface area contributed by atoms with E-state index >= 15 is 0 Å². The van der Waals surface area contributed by atoms with Crippen LogP contribution in [-0.4, -0.2) is 10.9 Å². The summed E-state index contributed by atoms with van der Waals surface area (Å²) >= 11 is 1.64. The van der Waals surface area contributed by atoms with Crippen molar-refractivity contribution in [3.05, 3.63) is 46.0 Å². The van der Waals surface area contributed by atoms with E-state index in [1.54, 1.807) is 11.3 Å². The number of carbonyl (C=O) groups excluding carboxylic acids is 1. The number of benzene rings is 1. The molecule has 0 fully saturated rings. The molecule has 2 aromatic rings. The zero-order chi connectivity index (χ0) is 19.1. The number of rotatable bonds is 2. The van der Waals surface area contributed by atoms with Crippen LogP contribution in [0.4, 0.5) is 5.13 Å². The zero-order valence-electron chi connectivity index (χ0n) is 16.8. The molecule has 26 heavy (non-hydrogen) atoms.